The van der Waals surface area contributed by atoms with Crippen LogP contribution in [-0.4, -0.2) is 45.1 Å². The number of carbonyl (C=O) groups is 1. The summed E-state index contributed by atoms with van der Waals surface area (Å²) in [5, 5.41) is 12.6. The molecular formula is C21H24N4O2. The second-order valence-electron chi connectivity index (χ2n) is 7.20. The lowest BCUT2D eigenvalue weighted by Gasteiger charge is -2.15. The van der Waals surface area contributed by atoms with Gasteiger partial charge in [0.05, 0.1) is 17.2 Å². The highest BCUT2D eigenvalue weighted by Gasteiger charge is 2.19. The molecule has 1 unspecified atom stereocenters. The molecule has 4 rings (SSSR count). The Morgan fingerprint density at radius 2 is 2.04 bits per heavy atom. The smallest absolute Gasteiger partial charge is 0.253 e. The number of imidazole rings is 1. The summed E-state index contributed by atoms with van der Waals surface area (Å²) in [6, 6.07) is 13.8. The number of aliphatic hydroxyl groups is 1. The molecule has 1 fully saturated rings. The second-order valence-corrected chi connectivity index (χ2v) is 7.20. The Morgan fingerprint density at radius 1 is 1.26 bits per heavy atom. The lowest BCUT2D eigenvalue weighted by molar-refractivity contribution is 0.0952. The first-order valence-electron chi connectivity index (χ1n) is 9.30. The molecule has 27 heavy (non-hydrogen) atoms. The summed E-state index contributed by atoms with van der Waals surface area (Å²) >= 11 is 0. The van der Waals surface area contributed by atoms with Gasteiger partial charge in [-0.2, -0.15) is 0 Å². The van der Waals surface area contributed by atoms with Crippen molar-refractivity contribution < 1.29 is 9.90 Å². The highest BCUT2D eigenvalue weighted by molar-refractivity contribution is 6.04. The quantitative estimate of drug-likeness (QED) is 0.649. The Kier molecular flexibility index (Phi) is 4.92. The molecule has 1 atom stereocenters. The standard InChI is InChI=1S/C21H24N4O2/c1-14-23-19-4-2-3-18(20(19)24-14)21(27)22-11-15-5-7-16(8-6-15)12-25-10-9-17(26)13-25/h2-8,17,26H,9-13H2,1H3,(H,22,27)(H,23,24). The number of nitrogens with zero attached hydrogens (tertiary/aromatic N) is 2. The maximum absolute atomic E-state index is 12.6. The van der Waals surface area contributed by atoms with E-state index in [9.17, 15) is 9.90 Å². The number of amides is 1. The zero-order valence-electron chi connectivity index (χ0n) is 15.4. The molecule has 0 radical (unpaired) electrons. The van der Waals surface area contributed by atoms with Crippen LogP contribution in [0.15, 0.2) is 42.5 Å². The molecule has 6 heteroatoms. The predicted molar refractivity (Wildman–Crippen MR) is 104 cm³/mol. The third kappa shape index (κ3) is 4.02. The van der Waals surface area contributed by atoms with E-state index in [2.05, 4.69) is 32.3 Å². The number of aryl methyl sites for hydroxylation is 1. The second kappa shape index (κ2) is 7.50. The Balaban J connectivity index is 1.37. The number of aromatic nitrogens is 2. The zero-order valence-corrected chi connectivity index (χ0v) is 15.4. The van der Waals surface area contributed by atoms with Gasteiger partial charge in [-0.15, -0.1) is 0 Å². The van der Waals surface area contributed by atoms with Crippen molar-refractivity contribution in [2.45, 2.75) is 32.5 Å². The Morgan fingerprint density at radius 3 is 2.78 bits per heavy atom. The number of carbonyl (C=O) groups excluding carboxylic acids is 1. The van der Waals surface area contributed by atoms with Gasteiger partial charge in [-0.25, -0.2) is 4.98 Å². The van der Waals surface area contributed by atoms with Crippen molar-refractivity contribution in [2.75, 3.05) is 13.1 Å². The number of hydrogen-bond acceptors (Lipinski definition) is 4. The number of nitrogens with one attached hydrogen (secondary N) is 2. The zero-order chi connectivity index (χ0) is 18.8. The summed E-state index contributed by atoms with van der Waals surface area (Å²) in [6.45, 7) is 4.89. The van der Waals surface area contributed by atoms with Crippen molar-refractivity contribution in [1.29, 1.82) is 0 Å². The lowest BCUT2D eigenvalue weighted by Crippen LogP contribution is -2.23. The molecule has 1 aliphatic heterocycles. The fraction of sp³-hybridized carbons (Fsp3) is 0.333. The van der Waals surface area contributed by atoms with Crippen molar-refractivity contribution in [3.63, 3.8) is 0 Å². The molecule has 1 saturated heterocycles. The number of aromatic amines is 1. The normalized spacial score (nSPS) is 17.5. The van der Waals surface area contributed by atoms with Crippen LogP contribution < -0.4 is 5.32 Å². The van der Waals surface area contributed by atoms with Gasteiger partial charge < -0.3 is 15.4 Å². The van der Waals surface area contributed by atoms with E-state index in [1.54, 1.807) is 6.07 Å². The molecule has 0 bridgehead atoms. The van der Waals surface area contributed by atoms with Gasteiger partial charge in [-0.1, -0.05) is 30.3 Å². The Hall–Kier alpha value is -2.70. The van der Waals surface area contributed by atoms with Crippen LogP contribution in [0.3, 0.4) is 0 Å². The van der Waals surface area contributed by atoms with Crippen LogP contribution in [0.2, 0.25) is 0 Å². The summed E-state index contributed by atoms with van der Waals surface area (Å²) in [5.74, 6) is 0.675. The highest BCUT2D eigenvalue weighted by Crippen LogP contribution is 2.17. The fourth-order valence-corrected chi connectivity index (χ4v) is 3.59. The lowest BCUT2D eigenvalue weighted by atomic mass is 10.1. The molecule has 2 aromatic carbocycles. The molecule has 2 heterocycles. The molecular weight excluding hydrogens is 340 g/mol. The average Bonchev–Trinajstić information content (AvgIpc) is 3.24. The predicted octanol–water partition coefficient (Wildman–Crippen LogP) is 2.37. The van der Waals surface area contributed by atoms with Gasteiger partial charge >= 0.3 is 0 Å². The first kappa shape index (κ1) is 17.7. The highest BCUT2D eigenvalue weighted by atomic mass is 16.3. The van der Waals surface area contributed by atoms with E-state index >= 15 is 0 Å². The van der Waals surface area contributed by atoms with Crippen LogP contribution in [0, 0.1) is 6.92 Å². The van der Waals surface area contributed by atoms with E-state index in [1.807, 2.05) is 31.2 Å². The molecule has 0 aliphatic carbocycles. The third-order valence-electron chi connectivity index (χ3n) is 5.01. The maximum Gasteiger partial charge on any atom is 0.253 e. The van der Waals surface area contributed by atoms with Gasteiger partial charge in [0.1, 0.15) is 11.3 Å². The maximum atomic E-state index is 12.6. The topological polar surface area (TPSA) is 81.2 Å². The van der Waals surface area contributed by atoms with Gasteiger partial charge in [-0.05, 0) is 36.6 Å². The summed E-state index contributed by atoms with van der Waals surface area (Å²) in [5.41, 5.74) is 4.43. The van der Waals surface area contributed by atoms with Crippen LogP contribution in [-0.2, 0) is 13.1 Å². The number of hydrogen-bond donors (Lipinski definition) is 3. The third-order valence-corrected chi connectivity index (χ3v) is 5.01. The summed E-state index contributed by atoms with van der Waals surface area (Å²) in [4.78, 5) is 22.4. The van der Waals surface area contributed by atoms with Gasteiger partial charge in [-0.3, -0.25) is 9.69 Å². The molecule has 0 saturated carbocycles. The summed E-state index contributed by atoms with van der Waals surface area (Å²) in [7, 11) is 0. The molecule has 3 aromatic rings. The van der Waals surface area contributed by atoms with E-state index in [0.29, 0.717) is 17.6 Å². The van der Waals surface area contributed by atoms with E-state index < -0.39 is 0 Å². The van der Waals surface area contributed by atoms with Crippen LogP contribution in [0.1, 0.15) is 33.7 Å². The number of rotatable bonds is 5. The molecule has 140 valence electrons. The van der Waals surface area contributed by atoms with Crippen LogP contribution in [0.5, 0.6) is 0 Å². The molecule has 1 aliphatic rings. The van der Waals surface area contributed by atoms with Crippen molar-refractivity contribution >= 4 is 16.9 Å². The Bertz CT molecular complexity index is 948. The molecule has 1 amide bonds. The molecule has 0 spiro atoms. The van der Waals surface area contributed by atoms with E-state index in [1.165, 1.54) is 5.56 Å². The van der Waals surface area contributed by atoms with Gasteiger partial charge in [0.2, 0.25) is 0 Å². The number of β-amino-alcohol motifs (C(OH)–C–C–N with tert-alkyl or cyclic N) is 1. The number of fused-ring (bicyclic) bond motifs is 1. The summed E-state index contributed by atoms with van der Waals surface area (Å²) < 4.78 is 0. The fourth-order valence-electron chi connectivity index (χ4n) is 3.59. The number of likely N-dealkylation sites (tertiary alicyclic amines) is 1. The van der Waals surface area contributed by atoms with Gasteiger partial charge in [0.15, 0.2) is 0 Å². The van der Waals surface area contributed by atoms with Crippen molar-refractivity contribution in [3.05, 3.63) is 65.0 Å². The number of H-pyrrole nitrogens is 1. The monoisotopic (exact) mass is 364 g/mol. The van der Waals surface area contributed by atoms with E-state index in [0.717, 1.165) is 43.0 Å². The Labute approximate surface area is 158 Å². The minimum Gasteiger partial charge on any atom is -0.392 e. The van der Waals surface area contributed by atoms with Crippen molar-refractivity contribution in [1.82, 2.24) is 20.2 Å². The number of para-hydroxylation sites is 1. The average molecular weight is 364 g/mol. The van der Waals surface area contributed by atoms with Gasteiger partial charge in [0.25, 0.3) is 5.91 Å². The molecule has 3 N–H and O–H groups in total. The first-order valence-corrected chi connectivity index (χ1v) is 9.30. The SMILES string of the molecule is Cc1nc2c(C(=O)NCc3ccc(CN4CCC(O)C4)cc3)cccc2[nH]1. The summed E-state index contributed by atoms with van der Waals surface area (Å²) in [6.07, 6.45) is 0.661. The molecule has 6 nitrogen and oxygen atoms in total. The minimum absolute atomic E-state index is 0.123. The van der Waals surface area contributed by atoms with Crippen LogP contribution in [0.4, 0.5) is 0 Å². The minimum atomic E-state index is -0.192. The van der Waals surface area contributed by atoms with Gasteiger partial charge in [0, 0.05) is 26.2 Å². The van der Waals surface area contributed by atoms with Crippen LogP contribution >= 0.6 is 0 Å². The van der Waals surface area contributed by atoms with Crippen molar-refractivity contribution in [2.24, 2.45) is 0 Å². The largest absolute Gasteiger partial charge is 0.392 e. The molecule has 1 aromatic heterocycles. The first-order chi connectivity index (χ1) is 13.1. The van der Waals surface area contributed by atoms with E-state index in [-0.39, 0.29) is 12.0 Å². The number of aliphatic hydroxyl groups excluding tert-OH is 1. The van der Waals surface area contributed by atoms with Crippen molar-refractivity contribution in [3.8, 4) is 0 Å². The van der Waals surface area contributed by atoms with Crippen LogP contribution in [0.25, 0.3) is 11.0 Å². The number of benzene rings is 2. The van der Waals surface area contributed by atoms with E-state index in [4.69, 9.17) is 0 Å².